The summed E-state index contributed by atoms with van der Waals surface area (Å²) >= 11 is 0. The van der Waals surface area contributed by atoms with Gasteiger partial charge in [-0.3, -0.25) is 18.7 Å². The van der Waals surface area contributed by atoms with Gasteiger partial charge in [0, 0.05) is 35.7 Å². The summed E-state index contributed by atoms with van der Waals surface area (Å²) in [6, 6.07) is 18.1. The van der Waals surface area contributed by atoms with Crippen LogP contribution in [0.1, 0.15) is 18.1 Å². The lowest BCUT2D eigenvalue weighted by molar-refractivity contribution is 0.00241. The molecule has 6 rings (SSSR count). The number of aryl methyl sites for hydroxylation is 1. The smallest absolute Gasteiger partial charge is 0.260 e. The van der Waals surface area contributed by atoms with Crippen molar-refractivity contribution >= 4 is 0 Å². The third kappa shape index (κ3) is 5.00. The van der Waals surface area contributed by atoms with Crippen LogP contribution in [0.2, 0.25) is 0 Å². The molecule has 200 valence electrons. The topological polar surface area (TPSA) is 90.2 Å². The third-order valence-corrected chi connectivity index (χ3v) is 6.72. The molecule has 2 aromatic heterocycles. The number of rotatable bonds is 7. The van der Waals surface area contributed by atoms with Crippen molar-refractivity contribution in [2.75, 3.05) is 26.4 Å². The Hall–Kier alpha value is -4.50. The predicted molar refractivity (Wildman–Crippen MR) is 144 cm³/mol. The van der Waals surface area contributed by atoms with Crippen LogP contribution < -0.4 is 30.1 Å². The number of pyridine rings is 2. The Bertz CT molecular complexity index is 1620. The van der Waals surface area contributed by atoms with Crippen molar-refractivity contribution in [3.8, 4) is 34.4 Å². The summed E-state index contributed by atoms with van der Waals surface area (Å²) in [6.07, 6.45) is 3.75. The van der Waals surface area contributed by atoms with Gasteiger partial charge in [-0.25, -0.2) is 0 Å². The quantitative estimate of drug-likeness (QED) is 0.362. The van der Waals surface area contributed by atoms with Crippen LogP contribution in [-0.4, -0.2) is 41.7 Å². The summed E-state index contributed by atoms with van der Waals surface area (Å²) in [5.74, 6) is 2.44. The molecule has 0 N–H and O–H groups in total. The maximum Gasteiger partial charge on any atom is 0.260 e. The van der Waals surface area contributed by atoms with Gasteiger partial charge >= 0.3 is 0 Å². The van der Waals surface area contributed by atoms with Crippen LogP contribution in [-0.2, 0) is 17.8 Å². The lowest BCUT2D eigenvalue weighted by Crippen LogP contribution is -2.34. The van der Waals surface area contributed by atoms with Gasteiger partial charge in [0.05, 0.1) is 24.6 Å². The van der Waals surface area contributed by atoms with Crippen molar-refractivity contribution in [1.29, 1.82) is 0 Å². The number of hydrogen-bond donors (Lipinski definition) is 0. The fraction of sp³-hybridized carbons (Fsp3) is 0.267. The predicted octanol–water partition coefficient (Wildman–Crippen LogP) is 3.68. The minimum absolute atomic E-state index is 0.0543. The van der Waals surface area contributed by atoms with E-state index in [1.54, 1.807) is 51.9 Å². The van der Waals surface area contributed by atoms with E-state index >= 15 is 0 Å². The minimum atomic E-state index is -0.366. The van der Waals surface area contributed by atoms with E-state index in [9.17, 15) is 9.59 Å². The van der Waals surface area contributed by atoms with Gasteiger partial charge in [0.25, 0.3) is 11.1 Å². The van der Waals surface area contributed by atoms with Crippen molar-refractivity contribution in [3.63, 3.8) is 0 Å². The second kappa shape index (κ2) is 10.7. The van der Waals surface area contributed by atoms with Crippen molar-refractivity contribution in [2.24, 2.45) is 0 Å². The van der Waals surface area contributed by atoms with E-state index in [0.717, 1.165) is 5.56 Å². The molecule has 9 nitrogen and oxygen atoms in total. The molecular weight excluding hydrogens is 500 g/mol. The Morgan fingerprint density at radius 3 is 2.10 bits per heavy atom. The Morgan fingerprint density at radius 1 is 0.769 bits per heavy atom. The average molecular weight is 529 g/mol. The van der Waals surface area contributed by atoms with Crippen LogP contribution in [0.25, 0.3) is 11.4 Å². The summed E-state index contributed by atoms with van der Waals surface area (Å²) < 4.78 is 32.3. The van der Waals surface area contributed by atoms with Crippen molar-refractivity contribution in [3.05, 3.63) is 105 Å². The summed E-state index contributed by atoms with van der Waals surface area (Å²) in [5, 5.41) is 0. The zero-order valence-electron chi connectivity index (χ0n) is 21.5. The highest BCUT2D eigenvalue weighted by molar-refractivity contribution is 5.51. The highest BCUT2D eigenvalue weighted by Gasteiger charge is 2.22. The van der Waals surface area contributed by atoms with Gasteiger partial charge in [-0.1, -0.05) is 13.0 Å². The van der Waals surface area contributed by atoms with Gasteiger partial charge in [-0.05, 0) is 48.9 Å². The Balaban J connectivity index is 1.12. The fourth-order valence-corrected chi connectivity index (χ4v) is 4.68. The van der Waals surface area contributed by atoms with Crippen molar-refractivity contribution in [1.82, 2.24) is 9.13 Å². The lowest BCUT2D eigenvalue weighted by Gasteiger charge is -2.27. The second-order valence-electron chi connectivity index (χ2n) is 9.30. The van der Waals surface area contributed by atoms with Crippen LogP contribution in [0.4, 0.5) is 0 Å². The summed E-state index contributed by atoms with van der Waals surface area (Å²) in [4.78, 5) is 25.9. The van der Waals surface area contributed by atoms with Crippen LogP contribution >= 0.6 is 0 Å². The zero-order chi connectivity index (χ0) is 26.8. The van der Waals surface area contributed by atoms with Gasteiger partial charge in [0.1, 0.15) is 19.8 Å². The molecule has 0 saturated heterocycles. The summed E-state index contributed by atoms with van der Waals surface area (Å²) in [5.41, 5.74) is 2.41. The number of aromatic nitrogens is 2. The normalized spacial score (nSPS) is 15.7. The van der Waals surface area contributed by atoms with E-state index in [4.69, 9.17) is 23.7 Å². The molecule has 0 radical (unpaired) electrons. The Kier molecular flexibility index (Phi) is 6.81. The van der Waals surface area contributed by atoms with E-state index < -0.39 is 0 Å². The lowest BCUT2D eigenvalue weighted by atomic mass is 10.2. The van der Waals surface area contributed by atoms with Gasteiger partial charge in [0.15, 0.2) is 29.1 Å². The number of fused-ring (bicyclic) bond motifs is 2. The largest absolute Gasteiger partial charge is 0.486 e. The van der Waals surface area contributed by atoms with E-state index in [1.807, 2.05) is 37.3 Å². The van der Waals surface area contributed by atoms with E-state index in [-0.39, 0.29) is 30.4 Å². The molecule has 0 bridgehead atoms. The van der Waals surface area contributed by atoms with E-state index in [2.05, 4.69) is 0 Å². The first-order valence-electron chi connectivity index (χ1n) is 12.9. The fourth-order valence-electron chi connectivity index (χ4n) is 4.68. The maximum atomic E-state index is 13.2. The molecule has 0 amide bonds. The molecule has 2 aromatic carbocycles. The summed E-state index contributed by atoms with van der Waals surface area (Å²) in [7, 11) is 0. The standard InChI is InChI=1S/C30H28N2O7/c1-2-20-5-3-11-31(29(20)33)23-8-10-26-28(16-23)39-24(19-38-26)18-35-17-21-6-4-12-32(30(21)34)22-7-9-25-27(15-22)37-14-13-36-25/h3-12,15-16,24H,2,13-14,17-19H2,1H3. The van der Waals surface area contributed by atoms with Crippen LogP contribution in [0.3, 0.4) is 0 Å². The SMILES string of the molecule is CCc1cccn(-c2ccc3c(c2)OC(COCc2cccn(-c4ccc5c(c4)OCCO5)c2=O)CO3)c1=O. The molecule has 2 aliphatic heterocycles. The highest BCUT2D eigenvalue weighted by Crippen LogP contribution is 2.34. The van der Waals surface area contributed by atoms with Crippen molar-refractivity contribution < 1.29 is 23.7 Å². The monoisotopic (exact) mass is 528 g/mol. The Morgan fingerprint density at radius 2 is 1.38 bits per heavy atom. The summed E-state index contributed by atoms with van der Waals surface area (Å²) in [6.45, 7) is 3.60. The van der Waals surface area contributed by atoms with Gasteiger partial charge < -0.3 is 23.7 Å². The number of ether oxygens (including phenoxy) is 5. The zero-order valence-corrected chi connectivity index (χ0v) is 21.5. The number of nitrogens with zero attached hydrogens (tertiary/aromatic N) is 2. The van der Waals surface area contributed by atoms with Crippen molar-refractivity contribution in [2.45, 2.75) is 26.1 Å². The van der Waals surface area contributed by atoms with Crippen LogP contribution in [0.15, 0.2) is 82.6 Å². The molecule has 0 spiro atoms. The van der Waals surface area contributed by atoms with Gasteiger partial charge in [-0.15, -0.1) is 0 Å². The first-order chi connectivity index (χ1) is 19.1. The first-order valence-corrected chi connectivity index (χ1v) is 12.9. The molecule has 4 heterocycles. The second-order valence-corrected chi connectivity index (χ2v) is 9.30. The molecule has 1 atom stereocenters. The number of hydrogen-bond acceptors (Lipinski definition) is 7. The Labute approximate surface area is 224 Å². The van der Waals surface area contributed by atoms with Crippen LogP contribution in [0, 0.1) is 0 Å². The maximum absolute atomic E-state index is 13.2. The van der Waals surface area contributed by atoms with E-state index in [1.165, 1.54) is 0 Å². The number of benzene rings is 2. The molecule has 4 aromatic rings. The molecule has 0 saturated carbocycles. The van der Waals surface area contributed by atoms with Gasteiger partial charge in [0.2, 0.25) is 0 Å². The van der Waals surface area contributed by atoms with Crippen LogP contribution in [0.5, 0.6) is 23.0 Å². The molecule has 1 unspecified atom stereocenters. The molecule has 0 aliphatic carbocycles. The van der Waals surface area contributed by atoms with Gasteiger partial charge in [-0.2, -0.15) is 0 Å². The molecule has 2 aliphatic rings. The molecular formula is C30H28N2O7. The average Bonchev–Trinajstić information content (AvgIpc) is 2.97. The molecule has 0 fully saturated rings. The molecule has 9 heteroatoms. The highest BCUT2D eigenvalue weighted by atomic mass is 16.6. The first kappa shape index (κ1) is 24.8. The third-order valence-electron chi connectivity index (χ3n) is 6.72. The molecule has 39 heavy (non-hydrogen) atoms. The van der Waals surface area contributed by atoms with E-state index in [0.29, 0.717) is 66.2 Å². The minimum Gasteiger partial charge on any atom is -0.486 e.